The summed E-state index contributed by atoms with van der Waals surface area (Å²) in [5.74, 6) is 0.403. The highest BCUT2D eigenvalue weighted by Crippen LogP contribution is 2.32. The molecule has 3 nitrogen and oxygen atoms in total. The maximum atomic E-state index is 9.28. The fraction of sp³-hybridized carbons (Fsp3) is 0.727. The van der Waals surface area contributed by atoms with Crippen LogP contribution in [0.2, 0.25) is 0 Å². The number of nitrogens with zero attached hydrogens (tertiary/aromatic N) is 2. The first-order valence-electron chi connectivity index (χ1n) is 5.57. The lowest BCUT2D eigenvalue weighted by Gasteiger charge is -2.12. The largest absolute Gasteiger partial charge is 0.391 e. The van der Waals surface area contributed by atoms with E-state index in [2.05, 4.69) is 23.7 Å². The van der Waals surface area contributed by atoms with Crippen molar-refractivity contribution in [3.8, 4) is 0 Å². The predicted octanol–water partition coefficient (Wildman–Crippen LogP) is 2.36. The lowest BCUT2D eigenvalue weighted by atomic mass is 10.1. The van der Waals surface area contributed by atoms with Crippen LogP contribution in [0.1, 0.15) is 43.2 Å². The minimum Gasteiger partial charge on any atom is -0.391 e. The Kier molecular flexibility index (Phi) is 3.26. The molecule has 84 valence electrons. The van der Waals surface area contributed by atoms with Crippen molar-refractivity contribution in [2.75, 3.05) is 18.0 Å². The van der Waals surface area contributed by atoms with Gasteiger partial charge in [-0.3, -0.25) is 0 Å². The first kappa shape index (κ1) is 10.9. The van der Waals surface area contributed by atoms with Gasteiger partial charge in [-0.05, 0) is 18.8 Å². The zero-order valence-electron chi connectivity index (χ0n) is 9.36. The van der Waals surface area contributed by atoms with Crippen molar-refractivity contribution in [1.82, 2.24) is 4.98 Å². The van der Waals surface area contributed by atoms with Crippen molar-refractivity contribution in [2.45, 2.75) is 39.2 Å². The number of rotatable bonds is 3. The molecule has 15 heavy (non-hydrogen) atoms. The van der Waals surface area contributed by atoms with Crippen LogP contribution >= 0.6 is 11.3 Å². The minimum atomic E-state index is 0.124. The van der Waals surface area contributed by atoms with Crippen LogP contribution in [0.15, 0.2) is 0 Å². The van der Waals surface area contributed by atoms with Gasteiger partial charge in [0.25, 0.3) is 0 Å². The van der Waals surface area contributed by atoms with Crippen LogP contribution in [-0.4, -0.2) is 23.2 Å². The highest BCUT2D eigenvalue weighted by Gasteiger charge is 2.19. The molecule has 0 spiro atoms. The Hall–Kier alpha value is -0.610. The Labute approximate surface area is 94.8 Å². The Balaban J connectivity index is 2.25. The number of aliphatic hydroxyl groups excluding tert-OH is 1. The van der Waals surface area contributed by atoms with E-state index in [0.717, 1.165) is 28.8 Å². The number of hydrogen-bond acceptors (Lipinski definition) is 4. The van der Waals surface area contributed by atoms with Gasteiger partial charge in [0.15, 0.2) is 5.13 Å². The molecule has 1 aliphatic heterocycles. The van der Waals surface area contributed by atoms with Crippen LogP contribution in [-0.2, 0) is 6.61 Å². The fourth-order valence-electron chi connectivity index (χ4n) is 1.96. The van der Waals surface area contributed by atoms with Crippen molar-refractivity contribution in [3.05, 3.63) is 10.6 Å². The highest BCUT2D eigenvalue weighted by molar-refractivity contribution is 7.15. The summed E-state index contributed by atoms with van der Waals surface area (Å²) in [6.07, 6.45) is 2.54. The van der Waals surface area contributed by atoms with Gasteiger partial charge < -0.3 is 10.0 Å². The van der Waals surface area contributed by atoms with Crippen LogP contribution in [0, 0.1) is 0 Å². The highest BCUT2D eigenvalue weighted by atomic mass is 32.1. The Morgan fingerprint density at radius 3 is 2.53 bits per heavy atom. The van der Waals surface area contributed by atoms with Gasteiger partial charge in [0.05, 0.1) is 17.2 Å². The second kappa shape index (κ2) is 4.49. The predicted molar refractivity (Wildman–Crippen MR) is 63.6 cm³/mol. The molecule has 0 unspecified atom stereocenters. The average Bonchev–Trinajstić information content (AvgIpc) is 2.86. The van der Waals surface area contributed by atoms with Crippen molar-refractivity contribution in [3.63, 3.8) is 0 Å². The van der Waals surface area contributed by atoms with Crippen molar-refractivity contribution in [2.24, 2.45) is 0 Å². The number of hydrogen-bond donors (Lipinski definition) is 1. The molecule has 0 saturated carbocycles. The van der Waals surface area contributed by atoms with Crippen LogP contribution < -0.4 is 4.90 Å². The molecule has 0 aromatic carbocycles. The number of anilines is 1. The van der Waals surface area contributed by atoms with E-state index in [0.29, 0.717) is 5.92 Å². The Morgan fingerprint density at radius 2 is 2.07 bits per heavy atom. The van der Waals surface area contributed by atoms with Gasteiger partial charge >= 0.3 is 0 Å². The molecule has 1 saturated heterocycles. The second-order valence-corrected chi connectivity index (χ2v) is 5.37. The monoisotopic (exact) mass is 226 g/mol. The lowest BCUT2D eigenvalue weighted by Crippen LogP contribution is -2.17. The summed E-state index contributed by atoms with van der Waals surface area (Å²) < 4.78 is 0. The number of aromatic nitrogens is 1. The molecular weight excluding hydrogens is 208 g/mol. The SMILES string of the molecule is CC(C)c1nc(N2CCCC2)sc1CO. The number of aliphatic hydroxyl groups is 1. The van der Waals surface area contributed by atoms with Gasteiger partial charge in [-0.1, -0.05) is 25.2 Å². The van der Waals surface area contributed by atoms with Gasteiger partial charge in [0, 0.05) is 13.1 Å². The standard InChI is InChI=1S/C11H18N2OS/c1-8(2)10-9(7-14)15-11(12-10)13-5-3-4-6-13/h8,14H,3-7H2,1-2H3. The van der Waals surface area contributed by atoms with Gasteiger partial charge in [0.1, 0.15) is 0 Å². The van der Waals surface area contributed by atoms with Gasteiger partial charge in [-0.25, -0.2) is 4.98 Å². The minimum absolute atomic E-state index is 0.124. The third-order valence-corrected chi connectivity index (χ3v) is 3.90. The smallest absolute Gasteiger partial charge is 0.185 e. The van der Waals surface area contributed by atoms with E-state index >= 15 is 0 Å². The zero-order valence-corrected chi connectivity index (χ0v) is 10.2. The van der Waals surface area contributed by atoms with Gasteiger partial charge in [-0.2, -0.15) is 0 Å². The van der Waals surface area contributed by atoms with Crippen LogP contribution in [0.3, 0.4) is 0 Å². The van der Waals surface area contributed by atoms with Crippen molar-refractivity contribution >= 4 is 16.5 Å². The second-order valence-electron chi connectivity index (χ2n) is 4.31. The molecule has 1 fully saturated rings. The van der Waals surface area contributed by atoms with E-state index in [9.17, 15) is 5.11 Å². The summed E-state index contributed by atoms with van der Waals surface area (Å²) >= 11 is 1.65. The van der Waals surface area contributed by atoms with Crippen LogP contribution in [0.5, 0.6) is 0 Å². The molecule has 2 heterocycles. The lowest BCUT2D eigenvalue weighted by molar-refractivity contribution is 0.283. The molecule has 1 aliphatic rings. The fourth-order valence-corrected chi connectivity index (χ4v) is 3.09. The average molecular weight is 226 g/mol. The summed E-state index contributed by atoms with van der Waals surface area (Å²) in [6, 6.07) is 0. The molecule has 2 rings (SSSR count). The van der Waals surface area contributed by atoms with Gasteiger partial charge in [0.2, 0.25) is 0 Å². The van der Waals surface area contributed by atoms with Crippen LogP contribution in [0.4, 0.5) is 5.13 Å². The van der Waals surface area contributed by atoms with E-state index in [1.54, 1.807) is 11.3 Å². The maximum absolute atomic E-state index is 9.28. The summed E-state index contributed by atoms with van der Waals surface area (Å²) in [5.41, 5.74) is 1.07. The first-order chi connectivity index (χ1) is 7.22. The van der Waals surface area contributed by atoms with E-state index in [1.807, 2.05) is 0 Å². The van der Waals surface area contributed by atoms with Crippen LogP contribution in [0.25, 0.3) is 0 Å². The molecule has 4 heteroatoms. The molecule has 0 bridgehead atoms. The third kappa shape index (κ3) is 2.16. The topological polar surface area (TPSA) is 36.4 Å². The zero-order chi connectivity index (χ0) is 10.8. The third-order valence-electron chi connectivity index (χ3n) is 2.78. The summed E-state index contributed by atoms with van der Waals surface area (Å²) in [4.78, 5) is 8.01. The molecule has 0 radical (unpaired) electrons. The Morgan fingerprint density at radius 1 is 1.40 bits per heavy atom. The normalized spacial score (nSPS) is 16.7. The summed E-state index contributed by atoms with van der Waals surface area (Å²) in [5, 5.41) is 10.4. The number of thiazole rings is 1. The molecule has 1 aromatic rings. The Bertz CT molecular complexity index is 329. The van der Waals surface area contributed by atoms with Crippen molar-refractivity contribution in [1.29, 1.82) is 0 Å². The van der Waals surface area contributed by atoms with E-state index < -0.39 is 0 Å². The maximum Gasteiger partial charge on any atom is 0.185 e. The van der Waals surface area contributed by atoms with E-state index in [1.165, 1.54) is 12.8 Å². The summed E-state index contributed by atoms with van der Waals surface area (Å²) in [7, 11) is 0. The summed E-state index contributed by atoms with van der Waals surface area (Å²) in [6.45, 7) is 6.62. The molecule has 1 aromatic heterocycles. The quantitative estimate of drug-likeness (QED) is 0.859. The van der Waals surface area contributed by atoms with E-state index in [-0.39, 0.29) is 6.61 Å². The van der Waals surface area contributed by atoms with Gasteiger partial charge in [-0.15, -0.1) is 0 Å². The first-order valence-corrected chi connectivity index (χ1v) is 6.39. The van der Waals surface area contributed by atoms with Crippen molar-refractivity contribution < 1.29 is 5.11 Å². The molecule has 1 N–H and O–H groups in total. The molecule has 0 amide bonds. The molecular formula is C11H18N2OS. The molecule has 0 aliphatic carbocycles. The molecule has 0 atom stereocenters. The van der Waals surface area contributed by atoms with E-state index in [4.69, 9.17) is 0 Å².